The van der Waals surface area contributed by atoms with Crippen molar-refractivity contribution in [3.63, 3.8) is 0 Å². The first kappa shape index (κ1) is 17.5. The maximum Gasteiger partial charge on any atom is 0.216 e. The summed E-state index contributed by atoms with van der Waals surface area (Å²) in [6.45, 7) is 0. The lowest BCUT2D eigenvalue weighted by atomic mass is 10.1. The summed E-state index contributed by atoms with van der Waals surface area (Å²) >= 11 is 1.59. The molecule has 0 saturated heterocycles. The van der Waals surface area contributed by atoms with E-state index >= 15 is 0 Å². The zero-order chi connectivity index (χ0) is 16.7. The van der Waals surface area contributed by atoms with E-state index in [1.54, 1.807) is 36.0 Å². The molecule has 0 aliphatic rings. The second kappa shape index (κ2) is 8.16. The van der Waals surface area contributed by atoms with E-state index in [4.69, 9.17) is 5.26 Å². The Bertz CT molecular complexity index is 784. The molecule has 0 aliphatic heterocycles. The molecule has 6 heteroatoms. The molecule has 0 radical (unpaired) electrons. The van der Waals surface area contributed by atoms with Crippen LogP contribution in [0, 0.1) is 11.3 Å². The molecule has 23 heavy (non-hydrogen) atoms. The zero-order valence-corrected chi connectivity index (χ0v) is 14.4. The molecular weight excluding hydrogens is 328 g/mol. The second-order valence-electron chi connectivity index (χ2n) is 5.11. The number of benzene rings is 2. The number of sulfonamides is 1. The van der Waals surface area contributed by atoms with Crippen molar-refractivity contribution in [2.45, 2.75) is 11.8 Å². The Labute approximate surface area is 141 Å². The SMILES string of the molecule is CSC[C@H](NS(=O)(=O)Cc1cccc(C#N)c1)c1ccccc1. The maximum atomic E-state index is 12.5. The molecule has 0 bridgehead atoms. The van der Waals surface area contributed by atoms with Gasteiger partial charge in [0, 0.05) is 5.75 Å². The van der Waals surface area contributed by atoms with Crippen LogP contribution in [0.4, 0.5) is 0 Å². The number of thioether (sulfide) groups is 1. The quantitative estimate of drug-likeness (QED) is 0.836. The van der Waals surface area contributed by atoms with Gasteiger partial charge >= 0.3 is 0 Å². The Morgan fingerprint density at radius 1 is 1.17 bits per heavy atom. The van der Waals surface area contributed by atoms with Gasteiger partial charge in [0.05, 0.1) is 23.4 Å². The number of nitriles is 1. The molecular formula is C17H18N2O2S2. The highest BCUT2D eigenvalue weighted by Gasteiger charge is 2.19. The summed E-state index contributed by atoms with van der Waals surface area (Å²) in [5, 5.41) is 8.91. The van der Waals surface area contributed by atoms with Crippen molar-refractivity contribution in [3.05, 3.63) is 71.3 Å². The fourth-order valence-corrected chi connectivity index (χ4v) is 4.33. The standard InChI is InChI=1S/C17H18N2O2S2/c1-22-12-17(16-8-3-2-4-9-16)19-23(20,21)13-15-7-5-6-14(10-15)11-18/h2-10,17,19H,12-13H2,1H3/t17-/m0/s1. The van der Waals surface area contributed by atoms with Gasteiger partial charge in [0.25, 0.3) is 0 Å². The lowest BCUT2D eigenvalue weighted by Gasteiger charge is -2.18. The molecule has 0 aliphatic carbocycles. The highest BCUT2D eigenvalue weighted by molar-refractivity contribution is 7.98. The van der Waals surface area contributed by atoms with Gasteiger partial charge in [-0.1, -0.05) is 42.5 Å². The fourth-order valence-electron chi connectivity index (χ4n) is 2.26. The molecule has 2 rings (SSSR count). The summed E-state index contributed by atoms with van der Waals surface area (Å²) in [7, 11) is -3.50. The van der Waals surface area contributed by atoms with E-state index in [0.29, 0.717) is 16.9 Å². The Kier molecular flexibility index (Phi) is 6.22. The lowest BCUT2D eigenvalue weighted by molar-refractivity contribution is 0.567. The third-order valence-corrected chi connectivity index (χ3v) is 5.29. The van der Waals surface area contributed by atoms with Crippen molar-refractivity contribution in [1.82, 2.24) is 4.72 Å². The van der Waals surface area contributed by atoms with Crippen LogP contribution in [0.15, 0.2) is 54.6 Å². The van der Waals surface area contributed by atoms with Gasteiger partial charge in [-0.2, -0.15) is 17.0 Å². The van der Waals surface area contributed by atoms with Crippen LogP contribution < -0.4 is 4.72 Å². The van der Waals surface area contributed by atoms with E-state index in [0.717, 1.165) is 5.56 Å². The van der Waals surface area contributed by atoms with Crippen LogP contribution in [-0.4, -0.2) is 20.4 Å². The van der Waals surface area contributed by atoms with E-state index in [-0.39, 0.29) is 11.8 Å². The van der Waals surface area contributed by atoms with Crippen molar-refractivity contribution in [2.75, 3.05) is 12.0 Å². The number of nitrogens with zero attached hydrogens (tertiary/aromatic N) is 1. The Balaban J connectivity index is 2.16. The number of hydrogen-bond donors (Lipinski definition) is 1. The van der Waals surface area contributed by atoms with Crippen LogP contribution in [0.3, 0.4) is 0 Å². The molecule has 0 unspecified atom stereocenters. The van der Waals surface area contributed by atoms with Crippen molar-refractivity contribution in [2.24, 2.45) is 0 Å². The van der Waals surface area contributed by atoms with Gasteiger partial charge < -0.3 is 0 Å². The number of rotatable bonds is 7. The van der Waals surface area contributed by atoms with Crippen molar-refractivity contribution in [1.29, 1.82) is 5.26 Å². The Morgan fingerprint density at radius 2 is 1.91 bits per heavy atom. The minimum atomic E-state index is -3.50. The summed E-state index contributed by atoms with van der Waals surface area (Å²) in [6, 6.07) is 18.0. The second-order valence-corrected chi connectivity index (χ2v) is 7.77. The van der Waals surface area contributed by atoms with E-state index in [9.17, 15) is 8.42 Å². The molecule has 1 N–H and O–H groups in total. The predicted molar refractivity (Wildman–Crippen MR) is 94.5 cm³/mol. The topological polar surface area (TPSA) is 70.0 Å². The van der Waals surface area contributed by atoms with Crippen LogP contribution in [0.1, 0.15) is 22.7 Å². The van der Waals surface area contributed by atoms with Crippen LogP contribution in [0.5, 0.6) is 0 Å². The largest absolute Gasteiger partial charge is 0.216 e. The number of nitrogens with one attached hydrogen (secondary N) is 1. The summed E-state index contributed by atoms with van der Waals surface area (Å²) in [5.74, 6) is 0.516. The van der Waals surface area contributed by atoms with Crippen molar-refractivity contribution in [3.8, 4) is 6.07 Å². The fraction of sp³-hybridized carbons (Fsp3) is 0.235. The molecule has 0 heterocycles. The third kappa shape index (κ3) is 5.39. The van der Waals surface area contributed by atoms with Gasteiger partial charge in [-0.3, -0.25) is 0 Å². The molecule has 0 aromatic heterocycles. The molecule has 120 valence electrons. The molecule has 2 aromatic carbocycles. The molecule has 2 aromatic rings. The highest BCUT2D eigenvalue weighted by atomic mass is 32.2. The minimum Gasteiger partial charge on any atom is -0.212 e. The maximum absolute atomic E-state index is 12.5. The van der Waals surface area contributed by atoms with Gasteiger partial charge in [-0.15, -0.1) is 0 Å². The first-order valence-electron chi connectivity index (χ1n) is 7.07. The summed E-state index contributed by atoms with van der Waals surface area (Å²) in [6.07, 6.45) is 1.95. The van der Waals surface area contributed by atoms with Crippen LogP contribution in [-0.2, 0) is 15.8 Å². The molecule has 0 amide bonds. The predicted octanol–water partition coefficient (Wildman–Crippen LogP) is 3.08. The van der Waals surface area contributed by atoms with Crippen LogP contribution in [0.25, 0.3) is 0 Å². The minimum absolute atomic E-state index is 0.139. The van der Waals surface area contributed by atoms with E-state index in [1.165, 1.54) is 0 Å². The average Bonchev–Trinajstić information content (AvgIpc) is 2.55. The smallest absolute Gasteiger partial charge is 0.212 e. The van der Waals surface area contributed by atoms with Gasteiger partial charge in [-0.05, 0) is 29.5 Å². The zero-order valence-electron chi connectivity index (χ0n) is 12.8. The summed E-state index contributed by atoms with van der Waals surface area (Å²) < 4.78 is 27.7. The van der Waals surface area contributed by atoms with Gasteiger partial charge in [0.2, 0.25) is 10.0 Å². The van der Waals surface area contributed by atoms with Crippen LogP contribution >= 0.6 is 11.8 Å². The number of hydrogen-bond acceptors (Lipinski definition) is 4. The first-order chi connectivity index (χ1) is 11.0. The molecule has 0 saturated carbocycles. The van der Waals surface area contributed by atoms with E-state index in [1.807, 2.05) is 42.7 Å². The van der Waals surface area contributed by atoms with Crippen molar-refractivity contribution < 1.29 is 8.42 Å². The van der Waals surface area contributed by atoms with Gasteiger partial charge in [0.15, 0.2) is 0 Å². The van der Waals surface area contributed by atoms with Gasteiger partial charge in [-0.25, -0.2) is 13.1 Å². The monoisotopic (exact) mass is 346 g/mol. The summed E-state index contributed by atoms with van der Waals surface area (Å²) in [5.41, 5.74) is 2.00. The van der Waals surface area contributed by atoms with E-state index < -0.39 is 10.0 Å². The Morgan fingerprint density at radius 3 is 2.57 bits per heavy atom. The van der Waals surface area contributed by atoms with Crippen molar-refractivity contribution >= 4 is 21.8 Å². The Hall–Kier alpha value is -1.81. The van der Waals surface area contributed by atoms with E-state index in [2.05, 4.69) is 4.72 Å². The lowest BCUT2D eigenvalue weighted by Crippen LogP contribution is -2.31. The molecule has 0 fully saturated rings. The molecule has 4 nitrogen and oxygen atoms in total. The first-order valence-corrected chi connectivity index (χ1v) is 10.1. The molecule has 1 atom stereocenters. The van der Waals surface area contributed by atoms with Gasteiger partial charge in [0.1, 0.15) is 0 Å². The normalized spacial score (nSPS) is 12.5. The average molecular weight is 346 g/mol. The third-order valence-electron chi connectivity index (χ3n) is 3.27. The molecule has 0 spiro atoms. The van der Waals surface area contributed by atoms with Crippen LogP contribution in [0.2, 0.25) is 0 Å². The summed E-state index contributed by atoms with van der Waals surface area (Å²) in [4.78, 5) is 0. The highest BCUT2D eigenvalue weighted by Crippen LogP contribution is 2.19.